The van der Waals surface area contributed by atoms with Crippen molar-refractivity contribution < 1.29 is 4.74 Å². The first-order valence-corrected chi connectivity index (χ1v) is 8.77. The lowest BCUT2D eigenvalue weighted by Gasteiger charge is -2.13. The molecule has 2 heterocycles. The molecule has 0 atom stereocenters. The first-order chi connectivity index (χ1) is 13.5. The summed E-state index contributed by atoms with van der Waals surface area (Å²) in [5, 5.41) is 19.7. The number of aromatic nitrogens is 4. The summed E-state index contributed by atoms with van der Waals surface area (Å²) in [6, 6.07) is 13.3. The second-order valence-corrected chi connectivity index (χ2v) is 6.63. The molecule has 4 aromatic rings. The van der Waals surface area contributed by atoms with Crippen molar-refractivity contribution in [2.24, 2.45) is 0 Å². The highest BCUT2D eigenvalue weighted by Crippen LogP contribution is 2.33. The van der Waals surface area contributed by atoms with Gasteiger partial charge in [0.2, 0.25) is 11.8 Å². The average Bonchev–Trinajstić information content (AvgIpc) is 3.14. The summed E-state index contributed by atoms with van der Waals surface area (Å²) in [7, 11) is 0. The van der Waals surface area contributed by atoms with Crippen molar-refractivity contribution in [1.29, 1.82) is 5.26 Å². The minimum atomic E-state index is 0.374. The quantitative estimate of drug-likeness (QED) is 0.541. The number of aromatic amines is 1. The Balaban J connectivity index is 1.72. The van der Waals surface area contributed by atoms with Crippen molar-refractivity contribution in [3.63, 3.8) is 0 Å². The first kappa shape index (κ1) is 17.5. The standard InChI is InChI=1S/C21H18N6O/c1-12-8-13(2)18(14(3)9-12)28-20-17-11-23-27-19(17)25-21(26-20)24-16-6-4-15(10-22)5-7-16/h4-9,11H,1-3H3,(H2,23,24,25,26,27). The maximum absolute atomic E-state index is 8.93. The molecule has 0 saturated carbocycles. The number of aryl methyl sites for hydroxylation is 3. The van der Waals surface area contributed by atoms with Gasteiger partial charge in [-0.15, -0.1) is 0 Å². The third-order valence-corrected chi connectivity index (χ3v) is 4.35. The van der Waals surface area contributed by atoms with Crippen molar-refractivity contribution in [2.45, 2.75) is 20.8 Å². The van der Waals surface area contributed by atoms with Gasteiger partial charge >= 0.3 is 0 Å². The van der Waals surface area contributed by atoms with E-state index in [0.29, 0.717) is 28.4 Å². The van der Waals surface area contributed by atoms with Crippen LogP contribution in [-0.4, -0.2) is 20.2 Å². The average molecular weight is 370 g/mol. The van der Waals surface area contributed by atoms with Crippen LogP contribution >= 0.6 is 0 Å². The van der Waals surface area contributed by atoms with Gasteiger partial charge in [-0.1, -0.05) is 17.7 Å². The summed E-state index contributed by atoms with van der Waals surface area (Å²) in [5.41, 5.74) is 5.19. The molecule has 7 heteroatoms. The van der Waals surface area contributed by atoms with E-state index >= 15 is 0 Å². The molecule has 0 unspecified atom stereocenters. The molecule has 7 nitrogen and oxygen atoms in total. The fourth-order valence-electron chi connectivity index (χ4n) is 3.12. The Bertz CT molecular complexity index is 1180. The zero-order valence-electron chi connectivity index (χ0n) is 15.7. The van der Waals surface area contributed by atoms with Crippen molar-refractivity contribution in [3.05, 3.63) is 64.8 Å². The number of H-pyrrole nitrogens is 1. The molecular weight excluding hydrogens is 352 g/mol. The van der Waals surface area contributed by atoms with Crippen LogP contribution in [0.5, 0.6) is 11.6 Å². The summed E-state index contributed by atoms with van der Waals surface area (Å²) in [4.78, 5) is 8.99. The van der Waals surface area contributed by atoms with Crippen LogP contribution in [0.3, 0.4) is 0 Å². The third-order valence-electron chi connectivity index (χ3n) is 4.35. The number of hydrogen-bond acceptors (Lipinski definition) is 6. The van der Waals surface area contributed by atoms with Gasteiger partial charge < -0.3 is 10.1 Å². The Morgan fingerprint density at radius 1 is 1.04 bits per heavy atom. The molecule has 0 radical (unpaired) electrons. The van der Waals surface area contributed by atoms with Crippen molar-refractivity contribution >= 4 is 22.7 Å². The SMILES string of the molecule is Cc1cc(C)c(Oc2nc(Nc3ccc(C#N)cc3)nc3[nH]ncc23)c(C)c1. The molecule has 2 N–H and O–H groups in total. The summed E-state index contributed by atoms with van der Waals surface area (Å²) < 4.78 is 6.19. The van der Waals surface area contributed by atoms with Crippen molar-refractivity contribution in [2.75, 3.05) is 5.32 Å². The van der Waals surface area contributed by atoms with Gasteiger partial charge in [0.25, 0.3) is 0 Å². The zero-order valence-corrected chi connectivity index (χ0v) is 15.7. The normalized spacial score (nSPS) is 10.6. The van der Waals surface area contributed by atoms with E-state index in [2.05, 4.69) is 50.6 Å². The monoisotopic (exact) mass is 370 g/mol. The second-order valence-electron chi connectivity index (χ2n) is 6.63. The van der Waals surface area contributed by atoms with Gasteiger partial charge in [-0.3, -0.25) is 5.10 Å². The van der Waals surface area contributed by atoms with Gasteiger partial charge in [0.05, 0.1) is 17.8 Å². The van der Waals surface area contributed by atoms with Crippen LogP contribution in [-0.2, 0) is 0 Å². The summed E-state index contributed by atoms with van der Waals surface area (Å²) >= 11 is 0. The smallest absolute Gasteiger partial charge is 0.235 e. The molecule has 0 amide bonds. The van der Waals surface area contributed by atoms with Crippen LogP contribution < -0.4 is 10.1 Å². The predicted octanol–water partition coefficient (Wildman–Crippen LogP) is 4.69. The fraction of sp³-hybridized carbons (Fsp3) is 0.143. The Hall–Kier alpha value is -3.92. The van der Waals surface area contributed by atoms with Crippen LogP contribution in [0.1, 0.15) is 22.3 Å². The van der Waals surface area contributed by atoms with Crippen LogP contribution in [0, 0.1) is 32.1 Å². The lowest BCUT2D eigenvalue weighted by molar-refractivity contribution is 0.462. The van der Waals surface area contributed by atoms with Gasteiger partial charge in [-0.05, 0) is 56.2 Å². The molecule has 138 valence electrons. The first-order valence-electron chi connectivity index (χ1n) is 8.77. The fourth-order valence-corrected chi connectivity index (χ4v) is 3.12. The lowest BCUT2D eigenvalue weighted by Crippen LogP contribution is -2.01. The van der Waals surface area contributed by atoms with Gasteiger partial charge in [0, 0.05) is 5.69 Å². The van der Waals surface area contributed by atoms with E-state index in [0.717, 1.165) is 22.6 Å². The maximum Gasteiger partial charge on any atom is 0.235 e. The molecule has 2 aromatic heterocycles. The molecule has 28 heavy (non-hydrogen) atoms. The number of fused-ring (bicyclic) bond motifs is 1. The van der Waals surface area contributed by atoms with Gasteiger partial charge in [-0.2, -0.15) is 20.3 Å². The number of nitriles is 1. The maximum atomic E-state index is 8.93. The number of nitrogens with zero attached hydrogens (tertiary/aromatic N) is 4. The lowest BCUT2D eigenvalue weighted by atomic mass is 10.1. The Labute approximate surface area is 162 Å². The molecule has 0 saturated heterocycles. The number of benzene rings is 2. The Morgan fingerprint density at radius 3 is 2.43 bits per heavy atom. The van der Waals surface area contributed by atoms with E-state index < -0.39 is 0 Å². The van der Waals surface area contributed by atoms with Crippen LogP contribution in [0.25, 0.3) is 11.0 Å². The van der Waals surface area contributed by atoms with E-state index in [9.17, 15) is 0 Å². The highest BCUT2D eigenvalue weighted by Gasteiger charge is 2.14. The molecular formula is C21H18N6O. The minimum absolute atomic E-state index is 0.374. The highest BCUT2D eigenvalue weighted by molar-refractivity contribution is 5.81. The summed E-state index contributed by atoms with van der Waals surface area (Å²) in [6.07, 6.45) is 1.65. The van der Waals surface area contributed by atoms with E-state index in [4.69, 9.17) is 10.00 Å². The summed E-state index contributed by atoms with van der Waals surface area (Å²) in [5.74, 6) is 1.57. The highest BCUT2D eigenvalue weighted by atomic mass is 16.5. The number of rotatable bonds is 4. The van der Waals surface area contributed by atoms with Crippen LogP contribution in [0.2, 0.25) is 0 Å². The third kappa shape index (κ3) is 3.35. The molecule has 0 aliphatic carbocycles. The molecule has 4 rings (SSSR count). The number of anilines is 2. The second kappa shape index (κ2) is 7.00. The van der Waals surface area contributed by atoms with Gasteiger partial charge in [0.1, 0.15) is 11.1 Å². The molecule has 0 bridgehead atoms. The Morgan fingerprint density at radius 2 is 1.75 bits per heavy atom. The van der Waals surface area contributed by atoms with E-state index in [1.165, 1.54) is 5.56 Å². The zero-order chi connectivity index (χ0) is 19.7. The predicted molar refractivity (Wildman–Crippen MR) is 107 cm³/mol. The van der Waals surface area contributed by atoms with Crippen LogP contribution in [0.15, 0.2) is 42.6 Å². The van der Waals surface area contributed by atoms with Crippen molar-refractivity contribution in [1.82, 2.24) is 20.2 Å². The van der Waals surface area contributed by atoms with E-state index in [-0.39, 0.29) is 0 Å². The topological polar surface area (TPSA) is 99.5 Å². The molecule has 0 aliphatic heterocycles. The molecule has 0 aliphatic rings. The number of hydrogen-bond donors (Lipinski definition) is 2. The largest absolute Gasteiger partial charge is 0.437 e. The van der Waals surface area contributed by atoms with Gasteiger partial charge in [0.15, 0.2) is 5.65 Å². The number of ether oxygens (including phenoxy) is 1. The van der Waals surface area contributed by atoms with Crippen LogP contribution in [0.4, 0.5) is 11.6 Å². The van der Waals surface area contributed by atoms with E-state index in [1.54, 1.807) is 30.5 Å². The minimum Gasteiger partial charge on any atom is -0.437 e. The van der Waals surface area contributed by atoms with Gasteiger partial charge in [-0.25, -0.2) is 0 Å². The molecule has 2 aromatic carbocycles. The van der Waals surface area contributed by atoms with E-state index in [1.807, 2.05) is 13.8 Å². The summed E-state index contributed by atoms with van der Waals surface area (Å²) in [6.45, 7) is 6.08. The van der Waals surface area contributed by atoms with Crippen molar-refractivity contribution in [3.8, 4) is 17.7 Å². The Kier molecular flexibility index (Phi) is 4.38. The molecule has 0 spiro atoms. The number of nitrogens with one attached hydrogen (secondary N) is 2. The molecule has 0 fully saturated rings.